The Morgan fingerprint density at radius 2 is 0.933 bits per heavy atom. The molecule has 0 spiro atoms. The molecule has 19 heteroatoms. The fourth-order valence-corrected chi connectivity index (χ4v) is 2.08. The second kappa shape index (κ2) is 7.77. The van der Waals surface area contributed by atoms with E-state index in [0.717, 1.165) is 0 Å². The van der Waals surface area contributed by atoms with Crippen LogP contribution in [-0.2, 0) is 14.3 Å². The largest absolute Gasteiger partial charge is 0.460 e. The lowest BCUT2D eigenvalue weighted by Gasteiger charge is -2.41. The van der Waals surface area contributed by atoms with Crippen LogP contribution < -0.4 is 0 Å². The Hall–Kier alpha value is -1.14. The molecule has 0 aliphatic rings. The molecule has 0 amide bonds. The van der Waals surface area contributed by atoms with E-state index in [1.54, 1.807) is 0 Å². The van der Waals surface area contributed by atoms with Crippen molar-refractivity contribution < 1.29 is 78.5 Å². The summed E-state index contributed by atoms with van der Waals surface area (Å²) in [7, 11) is -4.37. The van der Waals surface area contributed by atoms with Gasteiger partial charge in [0.25, 0.3) is 10.1 Å². The van der Waals surface area contributed by atoms with E-state index in [4.69, 9.17) is 0 Å². The maximum absolute atomic E-state index is 13.4. The zero-order valence-corrected chi connectivity index (χ0v) is 14.7. The van der Waals surface area contributed by atoms with Gasteiger partial charge in [-0.2, -0.15) is 74.3 Å². The quantitative estimate of drug-likeness (QED) is 0.235. The van der Waals surface area contributed by atoms with E-state index < -0.39 is 71.3 Å². The third-order valence-electron chi connectivity index (χ3n) is 3.33. The van der Waals surface area contributed by atoms with Crippen molar-refractivity contribution in [1.82, 2.24) is 0 Å². The molecule has 0 aromatic heterocycles. The van der Waals surface area contributed by atoms with Crippen molar-refractivity contribution in [2.24, 2.45) is 0 Å². The molecule has 0 aromatic rings. The van der Waals surface area contributed by atoms with Gasteiger partial charge in [-0.25, -0.2) is 0 Å². The summed E-state index contributed by atoms with van der Waals surface area (Å²) in [5, 5.41) is 0. The maximum atomic E-state index is 13.4. The zero-order chi connectivity index (χ0) is 24.8. The van der Waals surface area contributed by atoms with Gasteiger partial charge >= 0.3 is 41.7 Å². The highest BCUT2D eigenvalue weighted by atomic mass is 32.2. The molecule has 0 radical (unpaired) electrons. The molecule has 0 aliphatic carbocycles. The third kappa shape index (κ3) is 4.69. The van der Waals surface area contributed by atoms with Crippen molar-refractivity contribution >= 4 is 10.1 Å². The Morgan fingerprint density at radius 3 is 1.27 bits per heavy atom. The summed E-state index contributed by atoms with van der Waals surface area (Å²) in [6.07, 6.45) is -11.6. The minimum absolute atomic E-state index is 0.317. The van der Waals surface area contributed by atoms with Crippen LogP contribution in [0.15, 0.2) is 0 Å². The molecule has 0 unspecified atom stereocenters. The molecule has 0 aromatic carbocycles. The minimum Gasteiger partial charge on any atom is -0.270 e. The van der Waals surface area contributed by atoms with Crippen molar-refractivity contribution in [3.63, 3.8) is 0 Å². The molecule has 3 nitrogen and oxygen atoms in total. The fourth-order valence-electron chi connectivity index (χ4n) is 1.66. The molecule has 0 fully saturated rings. The molecule has 0 heterocycles. The first-order valence-corrected chi connectivity index (χ1v) is 8.70. The summed E-state index contributed by atoms with van der Waals surface area (Å²) in [5.41, 5.74) is 0. The van der Waals surface area contributed by atoms with Crippen LogP contribution in [0.5, 0.6) is 0 Å². The monoisotopic (exact) mass is 506 g/mol. The molecule has 0 N–H and O–H groups in total. The van der Waals surface area contributed by atoms with Gasteiger partial charge in [-0.05, 0) is 6.42 Å². The molecule has 182 valence electrons. The van der Waals surface area contributed by atoms with Crippen molar-refractivity contribution in [2.45, 2.75) is 54.6 Å². The topological polar surface area (TPSA) is 43.4 Å². The van der Waals surface area contributed by atoms with Gasteiger partial charge in [0.1, 0.15) is 0 Å². The summed E-state index contributed by atoms with van der Waals surface area (Å²) in [5.74, 6) is -46.8. The number of alkyl halides is 15. The van der Waals surface area contributed by atoms with Crippen molar-refractivity contribution in [1.29, 1.82) is 0 Å². The van der Waals surface area contributed by atoms with Gasteiger partial charge in [-0.1, -0.05) is 0 Å². The lowest BCUT2D eigenvalue weighted by molar-refractivity contribution is -0.452. The molecule has 0 saturated carbocycles. The van der Waals surface area contributed by atoms with E-state index in [9.17, 15) is 74.3 Å². The van der Waals surface area contributed by atoms with Crippen LogP contribution in [-0.4, -0.2) is 63.0 Å². The first-order chi connectivity index (χ1) is 12.7. The predicted molar refractivity (Wildman–Crippen MR) is 65.8 cm³/mol. The van der Waals surface area contributed by atoms with Crippen LogP contribution in [0.3, 0.4) is 0 Å². The highest BCUT2D eigenvalue weighted by Gasteiger charge is 2.93. The number of hydrogen-bond donors (Lipinski definition) is 0. The molecule has 0 aliphatic heterocycles. The summed E-state index contributed by atoms with van der Waals surface area (Å²) in [4.78, 5) is 0. The number of halogens is 15. The van der Waals surface area contributed by atoms with E-state index in [1.807, 2.05) is 0 Å². The Morgan fingerprint density at radius 1 is 0.600 bits per heavy atom. The van der Waals surface area contributed by atoms with Gasteiger partial charge in [0.2, 0.25) is 0 Å². The van der Waals surface area contributed by atoms with Gasteiger partial charge < -0.3 is 0 Å². The predicted octanol–water partition coefficient (Wildman–Crippen LogP) is 5.12. The first-order valence-electron chi connectivity index (χ1n) is 6.89. The third-order valence-corrected chi connectivity index (χ3v) is 3.92. The average Bonchev–Trinajstić information content (AvgIpc) is 2.48. The van der Waals surface area contributed by atoms with Crippen LogP contribution in [0.2, 0.25) is 0 Å². The normalized spacial score (nSPS) is 16.1. The highest BCUT2D eigenvalue weighted by Crippen LogP contribution is 2.62. The fraction of sp³-hybridized carbons (Fsp3) is 1.00. The number of hydrogen-bond acceptors (Lipinski definition) is 3. The number of rotatable bonds is 10. The van der Waals surface area contributed by atoms with E-state index >= 15 is 0 Å². The Balaban J connectivity index is 6.05. The van der Waals surface area contributed by atoms with Crippen molar-refractivity contribution in [2.75, 3.05) is 12.9 Å². The molecule has 0 bridgehead atoms. The average molecular weight is 506 g/mol. The van der Waals surface area contributed by atoms with Crippen LogP contribution >= 0.6 is 0 Å². The minimum atomic E-state index is -8.34. The summed E-state index contributed by atoms with van der Waals surface area (Å²) < 4.78 is 218. The van der Waals surface area contributed by atoms with Crippen molar-refractivity contribution in [3.05, 3.63) is 0 Å². The standard InChI is InChI=1S/C11H9F15O3S/c1-30(27,28)29-4-2-3-5(12,13)6(14,15)7(16,17)8(18,19)9(20,21)10(22,23)11(24,25)26/h2-4H2,1H3. The smallest absolute Gasteiger partial charge is 0.270 e. The van der Waals surface area contributed by atoms with E-state index in [2.05, 4.69) is 4.18 Å². The SMILES string of the molecule is CS(=O)(=O)OCCCC(F)(F)C(F)(F)C(F)(F)C(F)(F)C(F)(F)C(F)(F)C(F)(F)F. The summed E-state index contributed by atoms with van der Waals surface area (Å²) in [6.45, 7) is -1.41. The molecule has 0 saturated heterocycles. The Labute approximate surface area is 157 Å². The highest BCUT2D eigenvalue weighted by molar-refractivity contribution is 7.85. The van der Waals surface area contributed by atoms with Crippen LogP contribution in [0.25, 0.3) is 0 Å². The Kier molecular flexibility index (Phi) is 7.48. The zero-order valence-electron chi connectivity index (χ0n) is 13.9. The molecule has 30 heavy (non-hydrogen) atoms. The second-order valence-electron chi connectivity index (χ2n) is 5.70. The summed E-state index contributed by atoms with van der Waals surface area (Å²) in [6, 6.07) is 0. The van der Waals surface area contributed by atoms with Gasteiger partial charge in [0.15, 0.2) is 0 Å². The summed E-state index contributed by atoms with van der Waals surface area (Å²) >= 11 is 0. The Bertz CT molecular complexity index is 710. The lowest BCUT2D eigenvalue weighted by atomic mass is 9.90. The van der Waals surface area contributed by atoms with E-state index in [-0.39, 0.29) is 0 Å². The van der Waals surface area contributed by atoms with Gasteiger partial charge in [-0.3, -0.25) is 4.18 Å². The van der Waals surface area contributed by atoms with Gasteiger partial charge in [0, 0.05) is 6.42 Å². The molecule has 0 atom stereocenters. The van der Waals surface area contributed by atoms with Gasteiger partial charge in [0.05, 0.1) is 12.9 Å². The van der Waals surface area contributed by atoms with E-state index in [1.165, 1.54) is 0 Å². The molecular weight excluding hydrogens is 497 g/mol. The molecule has 0 rings (SSSR count). The van der Waals surface area contributed by atoms with Crippen LogP contribution in [0.4, 0.5) is 65.9 Å². The maximum Gasteiger partial charge on any atom is 0.460 e. The first kappa shape index (κ1) is 28.9. The lowest BCUT2D eigenvalue weighted by Crippen LogP contribution is -2.72. The van der Waals surface area contributed by atoms with E-state index in [0.29, 0.717) is 6.26 Å². The van der Waals surface area contributed by atoms with Gasteiger partial charge in [-0.15, -0.1) is 0 Å². The van der Waals surface area contributed by atoms with Crippen molar-refractivity contribution in [3.8, 4) is 0 Å². The van der Waals surface area contributed by atoms with Crippen LogP contribution in [0, 0.1) is 0 Å². The molecular formula is C11H9F15O3S. The van der Waals surface area contributed by atoms with Crippen LogP contribution in [0.1, 0.15) is 12.8 Å². The second-order valence-corrected chi connectivity index (χ2v) is 7.35.